The van der Waals surface area contributed by atoms with E-state index in [1.165, 1.54) is 14.1 Å². The summed E-state index contributed by atoms with van der Waals surface area (Å²) in [7, 11) is 3.02. The molecule has 1 atom stereocenters. The molecule has 25 heavy (non-hydrogen) atoms. The van der Waals surface area contributed by atoms with E-state index < -0.39 is 11.5 Å². The van der Waals surface area contributed by atoms with E-state index in [0.717, 1.165) is 24.7 Å². The second kappa shape index (κ2) is 12.2. The molecule has 0 aliphatic heterocycles. The fraction of sp³-hybridized carbons (Fsp3) is 0.526. The third-order valence-electron chi connectivity index (χ3n) is 4.07. The van der Waals surface area contributed by atoms with Crippen LogP contribution in [0.1, 0.15) is 39.5 Å². The van der Waals surface area contributed by atoms with Crippen LogP contribution in [0.5, 0.6) is 0 Å². The molecule has 0 saturated heterocycles. The second-order valence-electron chi connectivity index (χ2n) is 5.60. The Morgan fingerprint density at radius 2 is 1.84 bits per heavy atom. The lowest BCUT2D eigenvalue weighted by Crippen LogP contribution is -2.48. The summed E-state index contributed by atoms with van der Waals surface area (Å²) in [6.45, 7) is 3.84. The van der Waals surface area contributed by atoms with E-state index in [9.17, 15) is 14.4 Å². The molecule has 0 spiro atoms. The Morgan fingerprint density at radius 1 is 1.20 bits per heavy atom. The number of nitrogens with one attached hydrogen (secondary N) is 2. The van der Waals surface area contributed by atoms with Gasteiger partial charge in [0.25, 0.3) is 0 Å². The van der Waals surface area contributed by atoms with Crippen LogP contribution >= 0.6 is 0 Å². The molecule has 0 heterocycles. The minimum absolute atomic E-state index is 0.143. The SMILES string of the molecule is CN.C\C=C/C=C\C(=C/C)C1(C(=O)NC(CCC=O)C(=O)NC)CC1. The van der Waals surface area contributed by atoms with Crippen molar-refractivity contribution in [2.75, 3.05) is 14.1 Å². The number of amides is 2. The number of likely N-dealkylation sites (N-methyl/N-ethyl adjacent to an activating group) is 1. The fourth-order valence-electron chi connectivity index (χ4n) is 2.55. The standard InChI is InChI=1S/C18H26N2O3.CH5N/c1-4-6-7-9-14(5-2)18(11-12-18)17(23)20-15(10-8-13-21)16(22)19-3;1-2/h4-7,9,13,15H,8,10-12H2,1-3H3,(H,19,22)(H,20,23);2H2,1H3/b6-4-,9-7-,14-5+;. The highest BCUT2D eigenvalue weighted by atomic mass is 16.2. The van der Waals surface area contributed by atoms with Gasteiger partial charge in [-0.25, -0.2) is 0 Å². The number of carbonyl (C=O) groups is 3. The molecule has 1 saturated carbocycles. The third-order valence-corrected chi connectivity index (χ3v) is 4.07. The van der Waals surface area contributed by atoms with E-state index in [0.29, 0.717) is 6.42 Å². The molecule has 1 rings (SSSR count). The monoisotopic (exact) mass is 349 g/mol. The fourth-order valence-corrected chi connectivity index (χ4v) is 2.55. The number of carbonyl (C=O) groups excluding carboxylic acids is 3. The van der Waals surface area contributed by atoms with Gasteiger partial charge in [0.2, 0.25) is 11.8 Å². The van der Waals surface area contributed by atoms with Crippen molar-refractivity contribution in [3.05, 3.63) is 36.0 Å². The summed E-state index contributed by atoms with van der Waals surface area (Å²) in [4.78, 5) is 35.1. The molecule has 0 radical (unpaired) electrons. The molecule has 0 aromatic heterocycles. The first-order valence-electron chi connectivity index (χ1n) is 8.55. The van der Waals surface area contributed by atoms with Crippen molar-refractivity contribution in [2.45, 2.75) is 45.6 Å². The van der Waals surface area contributed by atoms with Crippen LogP contribution in [0.2, 0.25) is 0 Å². The zero-order valence-corrected chi connectivity index (χ0v) is 15.7. The summed E-state index contributed by atoms with van der Waals surface area (Å²) in [6.07, 6.45) is 12.5. The van der Waals surface area contributed by atoms with Gasteiger partial charge >= 0.3 is 0 Å². The molecule has 0 bridgehead atoms. The molecule has 6 heteroatoms. The maximum atomic E-state index is 12.7. The van der Waals surface area contributed by atoms with Crippen molar-refractivity contribution in [3.63, 3.8) is 0 Å². The Kier molecular flexibility index (Phi) is 11.1. The lowest BCUT2D eigenvalue weighted by molar-refractivity contribution is -0.131. The highest BCUT2D eigenvalue weighted by Crippen LogP contribution is 2.52. The van der Waals surface area contributed by atoms with Crippen molar-refractivity contribution < 1.29 is 14.4 Å². The van der Waals surface area contributed by atoms with Crippen LogP contribution < -0.4 is 16.4 Å². The average molecular weight is 349 g/mol. The zero-order chi connectivity index (χ0) is 19.3. The van der Waals surface area contributed by atoms with Crippen LogP contribution in [0, 0.1) is 5.41 Å². The summed E-state index contributed by atoms with van der Waals surface area (Å²) < 4.78 is 0. The van der Waals surface area contributed by atoms with Crippen LogP contribution in [-0.4, -0.2) is 38.2 Å². The molecule has 140 valence electrons. The molecule has 6 nitrogen and oxygen atoms in total. The average Bonchev–Trinajstić information content (AvgIpc) is 3.45. The molecule has 1 fully saturated rings. The maximum absolute atomic E-state index is 12.7. The molecule has 1 unspecified atom stereocenters. The summed E-state index contributed by atoms with van der Waals surface area (Å²) >= 11 is 0. The smallest absolute Gasteiger partial charge is 0.242 e. The van der Waals surface area contributed by atoms with Gasteiger partial charge in [-0.3, -0.25) is 9.59 Å². The molecule has 1 aliphatic carbocycles. The van der Waals surface area contributed by atoms with Gasteiger partial charge in [-0.05, 0) is 45.7 Å². The second-order valence-corrected chi connectivity index (χ2v) is 5.60. The number of allylic oxidation sites excluding steroid dienone is 5. The number of aldehydes is 1. The Bertz CT molecular complexity index is 532. The minimum Gasteiger partial charge on any atom is -0.357 e. The zero-order valence-electron chi connectivity index (χ0n) is 15.7. The molecule has 2 amide bonds. The Hall–Kier alpha value is -2.21. The van der Waals surface area contributed by atoms with Crippen molar-refractivity contribution in [1.29, 1.82) is 0 Å². The number of hydrogen-bond donors (Lipinski definition) is 3. The van der Waals surface area contributed by atoms with Gasteiger partial charge in [0.05, 0.1) is 5.41 Å². The van der Waals surface area contributed by atoms with E-state index in [1.54, 1.807) is 0 Å². The summed E-state index contributed by atoms with van der Waals surface area (Å²) in [5.41, 5.74) is 4.92. The third kappa shape index (κ3) is 6.66. The molecule has 0 aromatic rings. The van der Waals surface area contributed by atoms with Crippen LogP contribution in [0.25, 0.3) is 0 Å². The van der Waals surface area contributed by atoms with Crippen molar-refractivity contribution in [1.82, 2.24) is 10.6 Å². The summed E-state index contributed by atoms with van der Waals surface area (Å²) in [6, 6.07) is -0.673. The van der Waals surface area contributed by atoms with Crippen LogP contribution in [0.15, 0.2) is 36.0 Å². The van der Waals surface area contributed by atoms with E-state index in [2.05, 4.69) is 16.4 Å². The highest BCUT2D eigenvalue weighted by molar-refractivity contribution is 5.94. The first kappa shape index (κ1) is 22.8. The Balaban J connectivity index is 0.00000277. The Morgan fingerprint density at radius 3 is 2.28 bits per heavy atom. The predicted octanol–water partition coefficient (Wildman–Crippen LogP) is 1.63. The van der Waals surface area contributed by atoms with E-state index in [1.807, 2.05) is 44.2 Å². The largest absolute Gasteiger partial charge is 0.357 e. The van der Waals surface area contributed by atoms with E-state index in [-0.39, 0.29) is 18.2 Å². The summed E-state index contributed by atoms with van der Waals surface area (Å²) in [5, 5.41) is 5.34. The van der Waals surface area contributed by atoms with Gasteiger partial charge in [-0.15, -0.1) is 0 Å². The number of rotatable bonds is 9. The van der Waals surface area contributed by atoms with Crippen LogP contribution in [0.4, 0.5) is 0 Å². The van der Waals surface area contributed by atoms with Crippen LogP contribution in [-0.2, 0) is 14.4 Å². The van der Waals surface area contributed by atoms with Gasteiger partial charge in [0.1, 0.15) is 12.3 Å². The number of hydrogen-bond acceptors (Lipinski definition) is 4. The number of nitrogens with two attached hydrogens (primary N) is 1. The van der Waals surface area contributed by atoms with E-state index in [4.69, 9.17) is 0 Å². The molecule has 0 aromatic carbocycles. The van der Waals surface area contributed by atoms with Gasteiger partial charge in [0, 0.05) is 13.5 Å². The Labute approximate surface area is 150 Å². The first-order valence-corrected chi connectivity index (χ1v) is 8.55. The molecular weight excluding hydrogens is 318 g/mol. The predicted molar refractivity (Wildman–Crippen MR) is 101 cm³/mol. The first-order chi connectivity index (χ1) is 12.1. The van der Waals surface area contributed by atoms with Gasteiger partial charge < -0.3 is 21.2 Å². The van der Waals surface area contributed by atoms with Gasteiger partial charge in [0.15, 0.2) is 0 Å². The van der Waals surface area contributed by atoms with Crippen LogP contribution in [0.3, 0.4) is 0 Å². The van der Waals surface area contributed by atoms with Gasteiger partial charge in [-0.1, -0.05) is 30.4 Å². The minimum atomic E-state index is -0.673. The topological polar surface area (TPSA) is 101 Å². The summed E-state index contributed by atoms with van der Waals surface area (Å²) in [5.74, 6) is -0.419. The van der Waals surface area contributed by atoms with E-state index >= 15 is 0 Å². The van der Waals surface area contributed by atoms with Gasteiger partial charge in [-0.2, -0.15) is 0 Å². The quantitative estimate of drug-likeness (QED) is 0.435. The lowest BCUT2D eigenvalue weighted by Gasteiger charge is -2.22. The van der Waals surface area contributed by atoms with Crippen molar-refractivity contribution >= 4 is 18.1 Å². The highest BCUT2D eigenvalue weighted by Gasteiger charge is 2.52. The maximum Gasteiger partial charge on any atom is 0.242 e. The van der Waals surface area contributed by atoms with Crippen molar-refractivity contribution in [2.24, 2.45) is 11.1 Å². The molecule has 1 aliphatic rings. The van der Waals surface area contributed by atoms with Crippen molar-refractivity contribution in [3.8, 4) is 0 Å². The molecule has 4 N–H and O–H groups in total. The normalized spacial score (nSPS) is 16.8. The lowest BCUT2D eigenvalue weighted by atomic mass is 9.93. The molecular formula is C19H31N3O3.